The van der Waals surface area contributed by atoms with Crippen molar-refractivity contribution in [1.82, 2.24) is 15.1 Å². The molecule has 1 saturated carbocycles. The molecule has 1 heterocycles. The number of nitrogens with one attached hydrogen (secondary N) is 1. The molecule has 1 aliphatic carbocycles. The molecule has 14 heavy (non-hydrogen) atoms. The Morgan fingerprint density at radius 1 is 1.21 bits per heavy atom. The largest absolute Gasteiger partial charge is 0.318 e. The minimum absolute atomic E-state index is 0.696. The van der Waals surface area contributed by atoms with E-state index in [9.17, 15) is 0 Å². The molecule has 1 unspecified atom stereocenters. The maximum Gasteiger partial charge on any atom is 0.0193 e. The summed E-state index contributed by atoms with van der Waals surface area (Å²) in [5, 5.41) is 3.26. The fourth-order valence-corrected chi connectivity index (χ4v) is 2.41. The zero-order valence-corrected chi connectivity index (χ0v) is 9.50. The molecule has 1 saturated heterocycles. The van der Waals surface area contributed by atoms with Gasteiger partial charge in [0.25, 0.3) is 0 Å². The third kappa shape index (κ3) is 2.47. The van der Waals surface area contributed by atoms with Crippen LogP contribution < -0.4 is 5.32 Å². The van der Waals surface area contributed by atoms with Crippen molar-refractivity contribution in [2.75, 3.05) is 39.8 Å². The van der Waals surface area contributed by atoms with Gasteiger partial charge >= 0.3 is 0 Å². The number of hydrogen-bond acceptors (Lipinski definition) is 3. The first kappa shape index (κ1) is 10.4. The lowest BCUT2D eigenvalue weighted by Gasteiger charge is -2.38. The van der Waals surface area contributed by atoms with Crippen LogP contribution in [0.4, 0.5) is 0 Å². The third-order valence-corrected chi connectivity index (χ3v) is 3.54. The number of likely N-dealkylation sites (N-methyl/N-ethyl adjacent to an activating group) is 1. The molecular weight excluding hydrogens is 174 g/mol. The van der Waals surface area contributed by atoms with Crippen LogP contribution in [-0.2, 0) is 0 Å². The highest BCUT2D eigenvalue weighted by Crippen LogP contribution is 2.27. The average molecular weight is 197 g/mol. The van der Waals surface area contributed by atoms with Gasteiger partial charge in [0.1, 0.15) is 0 Å². The van der Waals surface area contributed by atoms with E-state index in [-0.39, 0.29) is 0 Å². The van der Waals surface area contributed by atoms with Gasteiger partial charge in [0.2, 0.25) is 0 Å². The normalized spacial score (nSPS) is 27.9. The Kier molecular flexibility index (Phi) is 3.42. The molecule has 0 spiro atoms. The van der Waals surface area contributed by atoms with Gasteiger partial charge in [-0.3, -0.25) is 9.80 Å². The highest BCUT2D eigenvalue weighted by atomic mass is 15.3. The van der Waals surface area contributed by atoms with Crippen molar-refractivity contribution in [2.24, 2.45) is 0 Å². The van der Waals surface area contributed by atoms with Gasteiger partial charge in [-0.2, -0.15) is 0 Å². The number of nitrogens with zero attached hydrogens (tertiary/aromatic N) is 2. The van der Waals surface area contributed by atoms with Gasteiger partial charge in [-0.05, 0) is 26.8 Å². The molecule has 0 aromatic rings. The molecule has 1 N–H and O–H groups in total. The van der Waals surface area contributed by atoms with Gasteiger partial charge in [0.15, 0.2) is 0 Å². The van der Waals surface area contributed by atoms with E-state index in [2.05, 4.69) is 22.0 Å². The Labute approximate surface area is 87.4 Å². The molecule has 82 valence electrons. The van der Waals surface area contributed by atoms with Gasteiger partial charge in [-0.25, -0.2) is 0 Å². The molecular formula is C11H23N3. The highest BCUT2D eigenvalue weighted by molar-refractivity contribution is 4.88. The van der Waals surface area contributed by atoms with E-state index in [0.717, 1.165) is 12.6 Å². The quantitative estimate of drug-likeness (QED) is 0.703. The molecule has 0 radical (unpaired) electrons. The molecule has 0 aromatic carbocycles. The van der Waals surface area contributed by atoms with Crippen LogP contribution in [0.2, 0.25) is 0 Å². The average Bonchev–Trinajstić information content (AvgIpc) is 3.02. The standard InChI is InChI=1S/C11H23N3/c1-10(9-12-2)13-5-7-14(8-6-13)11-3-4-11/h10-12H,3-9H2,1-2H3. The van der Waals surface area contributed by atoms with E-state index in [0.29, 0.717) is 6.04 Å². The fraction of sp³-hybridized carbons (Fsp3) is 1.00. The summed E-state index contributed by atoms with van der Waals surface area (Å²) in [4.78, 5) is 5.28. The van der Waals surface area contributed by atoms with E-state index in [1.807, 2.05) is 7.05 Å². The highest BCUT2D eigenvalue weighted by Gasteiger charge is 2.31. The summed E-state index contributed by atoms with van der Waals surface area (Å²) in [7, 11) is 2.04. The summed E-state index contributed by atoms with van der Waals surface area (Å²) in [6.45, 7) is 8.54. The van der Waals surface area contributed by atoms with Crippen LogP contribution >= 0.6 is 0 Å². The molecule has 2 fully saturated rings. The lowest BCUT2D eigenvalue weighted by Crippen LogP contribution is -2.52. The van der Waals surface area contributed by atoms with Crippen molar-refractivity contribution in [3.05, 3.63) is 0 Å². The van der Waals surface area contributed by atoms with Crippen molar-refractivity contribution in [3.63, 3.8) is 0 Å². The Morgan fingerprint density at radius 2 is 1.86 bits per heavy atom. The Bertz CT molecular complexity index is 171. The molecule has 2 aliphatic rings. The van der Waals surface area contributed by atoms with Crippen molar-refractivity contribution in [3.8, 4) is 0 Å². The zero-order valence-electron chi connectivity index (χ0n) is 9.50. The molecule has 0 bridgehead atoms. The molecule has 0 aromatic heterocycles. The smallest absolute Gasteiger partial charge is 0.0193 e. The Hall–Kier alpha value is -0.120. The first-order valence-electron chi connectivity index (χ1n) is 5.94. The second kappa shape index (κ2) is 4.60. The van der Waals surface area contributed by atoms with Crippen LogP contribution in [0.25, 0.3) is 0 Å². The molecule has 1 atom stereocenters. The van der Waals surface area contributed by atoms with Gasteiger partial charge in [0, 0.05) is 44.8 Å². The van der Waals surface area contributed by atoms with Gasteiger partial charge in [-0.1, -0.05) is 0 Å². The second-order valence-electron chi connectivity index (χ2n) is 4.71. The molecule has 3 nitrogen and oxygen atoms in total. The van der Waals surface area contributed by atoms with Crippen LogP contribution in [-0.4, -0.2) is 61.7 Å². The zero-order chi connectivity index (χ0) is 9.97. The molecule has 1 aliphatic heterocycles. The second-order valence-corrected chi connectivity index (χ2v) is 4.71. The van der Waals surface area contributed by atoms with Crippen LogP contribution in [0.3, 0.4) is 0 Å². The van der Waals surface area contributed by atoms with Crippen molar-refractivity contribution < 1.29 is 0 Å². The van der Waals surface area contributed by atoms with Crippen molar-refractivity contribution >= 4 is 0 Å². The number of piperazine rings is 1. The van der Waals surface area contributed by atoms with Crippen LogP contribution in [0, 0.1) is 0 Å². The predicted octanol–water partition coefficient (Wildman–Crippen LogP) is 0.374. The molecule has 2 rings (SSSR count). The first-order valence-corrected chi connectivity index (χ1v) is 5.94. The van der Waals surface area contributed by atoms with Crippen molar-refractivity contribution in [2.45, 2.75) is 31.8 Å². The van der Waals surface area contributed by atoms with E-state index < -0.39 is 0 Å². The maximum atomic E-state index is 3.26. The van der Waals surface area contributed by atoms with E-state index in [1.165, 1.54) is 39.0 Å². The van der Waals surface area contributed by atoms with Crippen LogP contribution in [0.5, 0.6) is 0 Å². The topological polar surface area (TPSA) is 18.5 Å². The monoisotopic (exact) mass is 197 g/mol. The SMILES string of the molecule is CNCC(C)N1CCN(C2CC2)CC1. The van der Waals surface area contributed by atoms with E-state index in [4.69, 9.17) is 0 Å². The van der Waals surface area contributed by atoms with E-state index in [1.54, 1.807) is 0 Å². The van der Waals surface area contributed by atoms with Crippen LogP contribution in [0.1, 0.15) is 19.8 Å². The fourth-order valence-electron chi connectivity index (χ4n) is 2.41. The van der Waals surface area contributed by atoms with Gasteiger partial charge in [0.05, 0.1) is 0 Å². The molecule has 3 heteroatoms. The van der Waals surface area contributed by atoms with Gasteiger partial charge < -0.3 is 5.32 Å². The number of hydrogen-bond donors (Lipinski definition) is 1. The third-order valence-electron chi connectivity index (χ3n) is 3.54. The summed E-state index contributed by atoms with van der Waals surface area (Å²) in [5.74, 6) is 0. The molecule has 0 amide bonds. The summed E-state index contributed by atoms with van der Waals surface area (Å²) in [5.41, 5.74) is 0. The Morgan fingerprint density at radius 3 is 2.36 bits per heavy atom. The van der Waals surface area contributed by atoms with Gasteiger partial charge in [-0.15, -0.1) is 0 Å². The predicted molar refractivity (Wildman–Crippen MR) is 59.6 cm³/mol. The van der Waals surface area contributed by atoms with Crippen LogP contribution in [0.15, 0.2) is 0 Å². The minimum atomic E-state index is 0.696. The number of rotatable bonds is 4. The summed E-state index contributed by atoms with van der Waals surface area (Å²) in [6.07, 6.45) is 2.90. The Balaban J connectivity index is 1.71. The van der Waals surface area contributed by atoms with Crippen molar-refractivity contribution in [1.29, 1.82) is 0 Å². The van der Waals surface area contributed by atoms with E-state index >= 15 is 0 Å². The summed E-state index contributed by atoms with van der Waals surface area (Å²) >= 11 is 0. The maximum absolute atomic E-state index is 3.26. The minimum Gasteiger partial charge on any atom is -0.318 e. The summed E-state index contributed by atoms with van der Waals surface area (Å²) in [6, 6.07) is 1.65. The lowest BCUT2D eigenvalue weighted by molar-refractivity contribution is 0.0977. The first-order chi connectivity index (χ1) is 6.81. The summed E-state index contributed by atoms with van der Waals surface area (Å²) < 4.78 is 0. The lowest BCUT2D eigenvalue weighted by atomic mass is 10.2.